The van der Waals surface area contributed by atoms with Crippen LogP contribution in [0, 0.1) is 0 Å². The van der Waals surface area contributed by atoms with Crippen LogP contribution in [0.3, 0.4) is 0 Å². The zero-order valence-corrected chi connectivity index (χ0v) is 16.2. The SMILES string of the molecule is NC(C=C(c1ccccc1)c1ccccc1)=C(c1ccccc1)c1ccccc1. The van der Waals surface area contributed by atoms with E-state index in [-0.39, 0.29) is 0 Å². The third-order valence-electron chi connectivity index (χ3n) is 4.88. The van der Waals surface area contributed by atoms with Gasteiger partial charge >= 0.3 is 0 Å². The van der Waals surface area contributed by atoms with E-state index in [0.717, 1.165) is 39.1 Å². The maximum atomic E-state index is 6.76. The van der Waals surface area contributed by atoms with Crippen LogP contribution in [0.25, 0.3) is 11.1 Å². The number of benzene rings is 4. The first-order valence-corrected chi connectivity index (χ1v) is 9.76. The highest BCUT2D eigenvalue weighted by molar-refractivity contribution is 5.88. The monoisotopic (exact) mass is 373 g/mol. The molecule has 0 aliphatic carbocycles. The number of rotatable bonds is 5. The van der Waals surface area contributed by atoms with E-state index in [4.69, 9.17) is 5.73 Å². The predicted molar refractivity (Wildman–Crippen MR) is 123 cm³/mol. The highest BCUT2D eigenvalue weighted by Crippen LogP contribution is 2.29. The summed E-state index contributed by atoms with van der Waals surface area (Å²) in [6.07, 6.45) is 2.10. The summed E-state index contributed by atoms with van der Waals surface area (Å²) in [7, 11) is 0. The van der Waals surface area contributed by atoms with Crippen molar-refractivity contribution in [3.05, 3.63) is 155 Å². The molecule has 0 amide bonds. The van der Waals surface area contributed by atoms with Gasteiger partial charge in [-0.2, -0.15) is 0 Å². The summed E-state index contributed by atoms with van der Waals surface area (Å²) in [6, 6.07) is 41.4. The van der Waals surface area contributed by atoms with Gasteiger partial charge in [0.25, 0.3) is 0 Å². The summed E-state index contributed by atoms with van der Waals surface area (Å²) in [4.78, 5) is 0. The molecule has 0 fully saturated rings. The Hall–Kier alpha value is -3.84. The number of allylic oxidation sites excluding steroid dienone is 1. The topological polar surface area (TPSA) is 26.0 Å². The number of hydrogen-bond donors (Lipinski definition) is 1. The molecule has 0 atom stereocenters. The van der Waals surface area contributed by atoms with Gasteiger partial charge in [-0.25, -0.2) is 0 Å². The fourth-order valence-corrected chi connectivity index (χ4v) is 3.51. The van der Waals surface area contributed by atoms with E-state index in [1.54, 1.807) is 0 Å². The van der Waals surface area contributed by atoms with Crippen LogP contribution in [0.2, 0.25) is 0 Å². The summed E-state index contributed by atoms with van der Waals surface area (Å²) in [5, 5.41) is 0. The van der Waals surface area contributed by atoms with E-state index >= 15 is 0 Å². The van der Waals surface area contributed by atoms with Crippen LogP contribution >= 0.6 is 0 Å². The molecule has 0 bridgehead atoms. The molecule has 0 saturated heterocycles. The van der Waals surface area contributed by atoms with Crippen LogP contribution in [-0.2, 0) is 0 Å². The van der Waals surface area contributed by atoms with Crippen LogP contribution in [-0.4, -0.2) is 0 Å². The molecule has 1 nitrogen and oxygen atoms in total. The number of nitrogens with two attached hydrogens (primary N) is 1. The van der Waals surface area contributed by atoms with Gasteiger partial charge in [0, 0.05) is 11.3 Å². The van der Waals surface area contributed by atoms with Gasteiger partial charge in [-0.3, -0.25) is 0 Å². The fraction of sp³-hybridized carbons (Fsp3) is 0. The minimum Gasteiger partial charge on any atom is -0.398 e. The smallest absolute Gasteiger partial charge is 0.0406 e. The van der Waals surface area contributed by atoms with Crippen molar-refractivity contribution >= 4 is 11.1 Å². The molecule has 4 aromatic carbocycles. The second-order valence-electron chi connectivity index (χ2n) is 6.85. The molecule has 0 radical (unpaired) electrons. The summed E-state index contributed by atoms with van der Waals surface area (Å²) in [5.41, 5.74) is 14.1. The lowest BCUT2D eigenvalue weighted by Gasteiger charge is -2.14. The maximum Gasteiger partial charge on any atom is 0.0406 e. The molecule has 0 aliphatic rings. The van der Waals surface area contributed by atoms with Gasteiger partial charge in [0.05, 0.1) is 0 Å². The molecule has 0 aromatic heterocycles. The Labute approximate surface area is 172 Å². The molecule has 0 heterocycles. The fourth-order valence-electron chi connectivity index (χ4n) is 3.51. The molecule has 0 unspecified atom stereocenters. The van der Waals surface area contributed by atoms with Crippen molar-refractivity contribution in [2.24, 2.45) is 5.73 Å². The molecule has 140 valence electrons. The molecule has 2 N–H and O–H groups in total. The Morgan fingerprint density at radius 2 is 0.759 bits per heavy atom. The van der Waals surface area contributed by atoms with Crippen molar-refractivity contribution in [3.8, 4) is 0 Å². The van der Waals surface area contributed by atoms with E-state index in [9.17, 15) is 0 Å². The lowest BCUT2D eigenvalue weighted by Crippen LogP contribution is -2.03. The number of hydrogen-bond acceptors (Lipinski definition) is 1. The molecular formula is C28H23N. The maximum absolute atomic E-state index is 6.76. The van der Waals surface area contributed by atoms with Crippen LogP contribution < -0.4 is 5.73 Å². The second-order valence-corrected chi connectivity index (χ2v) is 6.85. The average Bonchev–Trinajstić information content (AvgIpc) is 2.80. The molecule has 0 aliphatic heterocycles. The van der Waals surface area contributed by atoms with Crippen molar-refractivity contribution < 1.29 is 0 Å². The van der Waals surface area contributed by atoms with E-state index < -0.39 is 0 Å². The Balaban J connectivity index is 1.94. The van der Waals surface area contributed by atoms with E-state index in [2.05, 4.69) is 78.9 Å². The molecule has 1 heteroatoms. The lowest BCUT2D eigenvalue weighted by molar-refractivity contribution is 1.39. The summed E-state index contributed by atoms with van der Waals surface area (Å²) in [6.45, 7) is 0. The van der Waals surface area contributed by atoms with Gasteiger partial charge in [0.15, 0.2) is 0 Å². The highest BCUT2D eigenvalue weighted by Gasteiger charge is 2.11. The van der Waals surface area contributed by atoms with E-state index in [1.807, 2.05) is 48.5 Å². The second kappa shape index (κ2) is 8.90. The first kappa shape index (κ1) is 18.5. The zero-order valence-electron chi connectivity index (χ0n) is 16.2. The Morgan fingerprint density at radius 1 is 0.448 bits per heavy atom. The zero-order chi connectivity index (χ0) is 19.9. The third kappa shape index (κ3) is 4.36. The molecular weight excluding hydrogens is 350 g/mol. The molecule has 4 aromatic rings. The van der Waals surface area contributed by atoms with E-state index in [1.165, 1.54) is 0 Å². The van der Waals surface area contributed by atoms with Crippen LogP contribution in [0.4, 0.5) is 0 Å². The molecule has 4 rings (SSSR count). The van der Waals surface area contributed by atoms with Crippen molar-refractivity contribution in [1.82, 2.24) is 0 Å². The minimum absolute atomic E-state index is 0.741. The lowest BCUT2D eigenvalue weighted by atomic mass is 9.92. The quantitative estimate of drug-likeness (QED) is 0.395. The average molecular weight is 373 g/mol. The Morgan fingerprint density at radius 3 is 1.10 bits per heavy atom. The summed E-state index contributed by atoms with van der Waals surface area (Å²) >= 11 is 0. The summed E-state index contributed by atoms with van der Waals surface area (Å²) in [5.74, 6) is 0. The standard InChI is InChI=1S/C28H23N/c29-27(28(24-17-9-3-10-18-24)25-19-11-4-12-20-25)21-26(22-13-5-1-6-14-22)23-15-7-2-8-16-23/h1-21H,29H2. The first-order valence-electron chi connectivity index (χ1n) is 9.76. The van der Waals surface area contributed by atoms with Crippen molar-refractivity contribution in [3.63, 3.8) is 0 Å². The van der Waals surface area contributed by atoms with Crippen LogP contribution in [0.5, 0.6) is 0 Å². The van der Waals surface area contributed by atoms with Crippen LogP contribution in [0.1, 0.15) is 22.3 Å². The minimum atomic E-state index is 0.741. The largest absolute Gasteiger partial charge is 0.398 e. The molecule has 29 heavy (non-hydrogen) atoms. The van der Waals surface area contributed by atoms with Crippen molar-refractivity contribution in [2.45, 2.75) is 0 Å². The Bertz CT molecular complexity index is 1030. The van der Waals surface area contributed by atoms with Gasteiger partial charge in [-0.1, -0.05) is 121 Å². The normalized spacial score (nSPS) is 10.2. The molecule has 0 saturated carbocycles. The Kier molecular flexibility index (Phi) is 5.68. The van der Waals surface area contributed by atoms with Gasteiger partial charge in [-0.05, 0) is 33.9 Å². The van der Waals surface area contributed by atoms with Gasteiger partial charge in [0.1, 0.15) is 0 Å². The van der Waals surface area contributed by atoms with Gasteiger partial charge < -0.3 is 5.73 Å². The molecule has 0 spiro atoms. The highest BCUT2D eigenvalue weighted by atomic mass is 14.6. The van der Waals surface area contributed by atoms with E-state index in [0.29, 0.717) is 0 Å². The predicted octanol–water partition coefficient (Wildman–Crippen LogP) is 6.54. The van der Waals surface area contributed by atoms with Crippen molar-refractivity contribution in [1.29, 1.82) is 0 Å². The summed E-state index contributed by atoms with van der Waals surface area (Å²) < 4.78 is 0. The van der Waals surface area contributed by atoms with Gasteiger partial charge in [-0.15, -0.1) is 0 Å². The first-order chi connectivity index (χ1) is 14.3. The van der Waals surface area contributed by atoms with Crippen molar-refractivity contribution in [2.75, 3.05) is 0 Å². The van der Waals surface area contributed by atoms with Crippen LogP contribution in [0.15, 0.2) is 133 Å². The third-order valence-corrected chi connectivity index (χ3v) is 4.88. The van der Waals surface area contributed by atoms with Gasteiger partial charge in [0.2, 0.25) is 0 Å².